The fourth-order valence-corrected chi connectivity index (χ4v) is 7.25. The Bertz CT molecular complexity index is 2280. The molecule has 0 fully saturated rings. The number of nitrogens with zero attached hydrogens (tertiary/aromatic N) is 1. The van der Waals surface area contributed by atoms with Crippen LogP contribution in [-0.2, 0) is 60.8 Å². The molecule has 0 aliphatic rings. The van der Waals surface area contributed by atoms with Crippen LogP contribution in [0.5, 0.6) is 0 Å². The van der Waals surface area contributed by atoms with Gasteiger partial charge in [0, 0.05) is 41.8 Å². The van der Waals surface area contributed by atoms with Crippen molar-refractivity contribution in [2.45, 2.75) is 129 Å². The van der Waals surface area contributed by atoms with E-state index in [-0.39, 0.29) is 25.2 Å². The number of H-pyrrole nitrogens is 2. The lowest BCUT2D eigenvalue weighted by atomic mass is 9.94. The number of nitrogens with one attached hydrogen (secondary N) is 9. The molecule has 0 spiro atoms. The molecular formula is C45H65N11O13. The molecule has 14 N–H and O–H groups in total. The van der Waals surface area contributed by atoms with Gasteiger partial charge in [-0.1, -0.05) is 72.6 Å². The molecule has 69 heavy (non-hydrogen) atoms. The van der Waals surface area contributed by atoms with Gasteiger partial charge in [-0.3, -0.25) is 43.2 Å². The molecule has 0 aliphatic heterocycles. The molecular weight excluding hydrogens is 903 g/mol. The minimum Gasteiger partial charge on any atom is -0.481 e. The topological polar surface area (TPSA) is 386 Å². The van der Waals surface area contributed by atoms with Crippen LogP contribution in [-0.4, -0.2) is 138 Å². The number of hydrogen-bond acceptors (Lipinski definition) is 12. The summed E-state index contributed by atoms with van der Waals surface area (Å²) in [6.07, 6.45) is 2.72. The molecule has 24 nitrogen and oxygen atoms in total. The number of amides is 7. The molecule has 3 aromatic rings. The number of hydrogen-bond donors (Lipinski definition) is 13. The van der Waals surface area contributed by atoms with Gasteiger partial charge in [0.2, 0.25) is 41.4 Å². The standard InChI is InChI=1S/C45H65N11O13/c1-7-23(5)37(43(66)54-33(45(68)69)14-25-19-48-28-12-10-9-11-27(25)28)56-44(67)38(24(6)8-2)55-42(65)32(17-36(60)61)53-39(62)29(13-22(3)4)51-40(63)30(15-26-20-47-21-49-26)52-41(64)31(16-35(58)59)50-34(57)18-46/h9-12,19-24,29-33,37-38,48H,7-8,13-18,46H2,1-6H3,(H,47,49)(H,50,57)(H,51,63)(H,52,64)(H,53,62)(H,54,66)(H,55,65)(H,56,67)(H,58,59)(H,60,61)(H,68,69). The molecule has 2 heterocycles. The Morgan fingerprint density at radius 2 is 1.10 bits per heavy atom. The number of nitrogens with two attached hydrogens (primary N) is 1. The van der Waals surface area contributed by atoms with Crippen LogP contribution in [0.2, 0.25) is 0 Å². The molecule has 1 aromatic carbocycles. The number of carboxylic acid groups (broad SMARTS) is 3. The Morgan fingerprint density at radius 3 is 1.64 bits per heavy atom. The molecule has 378 valence electrons. The SMILES string of the molecule is CCC(C)C(NC(=O)C(CC(=O)O)NC(=O)C(CC(C)C)NC(=O)C(Cc1cnc[nH]1)NC(=O)C(CC(=O)O)NC(=O)CN)C(=O)NC(C(=O)NC(Cc1c[nH]c2ccccc12)C(=O)O)C(C)CC. The van der Waals surface area contributed by atoms with Crippen molar-refractivity contribution in [1.29, 1.82) is 0 Å². The highest BCUT2D eigenvalue weighted by Gasteiger charge is 2.37. The van der Waals surface area contributed by atoms with E-state index in [1.807, 2.05) is 18.2 Å². The lowest BCUT2D eigenvalue weighted by Gasteiger charge is -2.31. The minimum absolute atomic E-state index is 0.0701. The van der Waals surface area contributed by atoms with Crippen molar-refractivity contribution in [3.63, 3.8) is 0 Å². The first-order valence-electron chi connectivity index (χ1n) is 22.6. The van der Waals surface area contributed by atoms with Gasteiger partial charge in [-0.05, 0) is 35.8 Å². The van der Waals surface area contributed by atoms with Crippen LogP contribution in [0.3, 0.4) is 0 Å². The van der Waals surface area contributed by atoms with Crippen molar-refractivity contribution >= 4 is 70.2 Å². The van der Waals surface area contributed by atoms with Gasteiger partial charge in [0.25, 0.3) is 0 Å². The van der Waals surface area contributed by atoms with Crippen molar-refractivity contribution in [2.75, 3.05) is 6.54 Å². The summed E-state index contributed by atoms with van der Waals surface area (Å²) < 4.78 is 0. The average molecular weight is 968 g/mol. The third kappa shape index (κ3) is 17.3. The molecule has 24 heteroatoms. The molecule has 3 rings (SSSR count). The maximum absolute atomic E-state index is 14.1. The number of aromatic nitrogens is 3. The first kappa shape index (κ1) is 56.0. The number of rotatable bonds is 29. The van der Waals surface area contributed by atoms with Gasteiger partial charge in [0.1, 0.15) is 42.3 Å². The first-order chi connectivity index (χ1) is 32.6. The van der Waals surface area contributed by atoms with Crippen LogP contribution >= 0.6 is 0 Å². The monoisotopic (exact) mass is 967 g/mol. The third-order valence-electron chi connectivity index (χ3n) is 11.5. The molecule has 0 aliphatic carbocycles. The molecule has 0 bridgehead atoms. The Hall–Kier alpha value is -7.37. The van der Waals surface area contributed by atoms with E-state index < -0.39 is 133 Å². The highest BCUT2D eigenvalue weighted by atomic mass is 16.4. The van der Waals surface area contributed by atoms with Crippen molar-refractivity contribution < 1.29 is 63.3 Å². The summed E-state index contributed by atoms with van der Waals surface area (Å²) in [5.74, 6) is -12.4. The van der Waals surface area contributed by atoms with E-state index in [9.17, 15) is 63.3 Å². The van der Waals surface area contributed by atoms with Gasteiger partial charge in [-0.2, -0.15) is 0 Å². The smallest absolute Gasteiger partial charge is 0.326 e. The molecule has 2 aromatic heterocycles. The number of imidazole rings is 1. The fraction of sp³-hybridized carbons (Fsp3) is 0.533. The Morgan fingerprint density at radius 1 is 0.609 bits per heavy atom. The Balaban J connectivity index is 1.85. The zero-order valence-electron chi connectivity index (χ0n) is 39.4. The highest BCUT2D eigenvalue weighted by molar-refractivity contribution is 5.99. The van der Waals surface area contributed by atoms with Crippen LogP contribution in [0.25, 0.3) is 10.9 Å². The van der Waals surface area contributed by atoms with E-state index in [1.54, 1.807) is 53.8 Å². The summed E-state index contributed by atoms with van der Waals surface area (Å²) in [6.45, 7) is 9.63. The molecule has 9 atom stereocenters. The van der Waals surface area contributed by atoms with Crippen LogP contribution in [0, 0.1) is 17.8 Å². The molecule has 0 saturated heterocycles. The maximum Gasteiger partial charge on any atom is 0.326 e. The largest absolute Gasteiger partial charge is 0.481 e. The van der Waals surface area contributed by atoms with E-state index in [0.717, 1.165) is 10.9 Å². The third-order valence-corrected chi connectivity index (χ3v) is 11.5. The minimum atomic E-state index is -1.82. The lowest BCUT2D eigenvalue weighted by Crippen LogP contribution is -2.62. The van der Waals surface area contributed by atoms with E-state index in [1.165, 1.54) is 12.5 Å². The quantitative estimate of drug-likeness (QED) is 0.0405. The first-order valence-corrected chi connectivity index (χ1v) is 22.6. The number of carbonyl (C=O) groups is 10. The predicted molar refractivity (Wildman–Crippen MR) is 247 cm³/mol. The summed E-state index contributed by atoms with van der Waals surface area (Å²) >= 11 is 0. The van der Waals surface area contributed by atoms with Crippen molar-refractivity contribution in [2.24, 2.45) is 23.5 Å². The van der Waals surface area contributed by atoms with Gasteiger partial charge in [-0.15, -0.1) is 0 Å². The Kier molecular flexibility index (Phi) is 21.8. The van der Waals surface area contributed by atoms with E-state index in [0.29, 0.717) is 24.1 Å². The zero-order valence-corrected chi connectivity index (χ0v) is 39.4. The molecule has 0 saturated carbocycles. The Labute approximate surface area is 397 Å². The van der Waals surface area contributed by atoms with Crippen molar-refractivity contribution in [3.8, 4) is 0 Å². The van der Waals surface area contributed by atoms with E-state index in [4.69, 9.17) is 5.73 Å². The predicted octanol–water partition coefficient (Wildman–Crippen LogP) is -0.799. The van der Waals surface area contributed by atoms with Gasteiger partial charge in [-0.25, -0.2) is 9.78 Å². The van der Waals surface area contributed by atoms with Gasteiger partial charge < -0.3 is 68.2 Å². The van der Waals surface area contributed by atoms with Crippen LogP contribution in [0.1, 0.15) is 84.9 Å². The number of aliphatic carboxylic acids is 3. The zero-order chi connectivity index (χ0) is 51.5. The second kappa shape index (κ2) is 26.8. The molecule has 7 amide bonds. The second-order valence-electron chi connectivity index (χ2n) is 17.3. The average Bonchev–Trinajstić information content (AvgIpc) is 3.97. The number of aromatic amines is 2. The van der Waals surface area contributed by atoms with E-state index in [2.05, 4.69) is 52.2 Å². The van der Waals surface area contributed by atoms with Crippen molar-refractivity contribution in [3.05, 3.63) is 54.2 Å². The number of benzene rings is 1. The van der Waals surface area contributed by atoms with Crippen LogP contribution in [0.4, 0.5) is 0 Å². The van der Waals surface area contributed by atoms with Gasteiger partial charge in [0.05, 0.1) is 25.7 Å². The second-order valence-corrected chi connectivity index (χ2v) is 17.3. The fourth-order valence-electron chi connectivity index (χ4n) is 7.25. The van der Waals surface area contributed by atoms with Gasteiger partial charge in [0.15, 0.2) is 0 Å². The number of fused-ring (bicyclic) bond motifs is 1. The molecule has 0 radical (unpaired) electrons. The van der Waals surface area contributed by atoms with Crippen LogP contribution in [0.15, 0.2) is 43.0 Å². The number of para-hydroxylation sites is 1. The van der Waals surface area contributed by atoms with E-state index >= 15 is 0 Å². The summed E-state index contributed by atoms with van der Waals surface area (Å²) in [5.41, 5.74) is 7.08. The number of carboxylic acids is 3. The molecule has 9 unspecified atom stereocenters. The van der Waals surface area contributed by atoms with Gasteiger partial charge >= 0.3 is 17.9 Å². The van der Waals surface area contributed by atoms with Crippen molar-refractivity contribution in [1.82, 2.24) is 52.2 Å². The lowest BCUT2D eigenvalue weighted by molar-refractivity contribution is -0.143. The summed E-state index contributed by atoms with van der Waals surface area (Å²) in [4.78, 5) is 141. The maximum atomic E-state index is 14.1. The normalized spacial score (nSPS) is 15.1. The highest BCUT2D eigenvalue weighted by Crippen LogP contribution is 2.20. The van der Waals surface area contributed by atoms with Crippen LogP contribution < -0.4 is 43.0 Å². The summed E-state index contributed by atoms with van der Waals surface area (Å²) in [6, 6.07) is -3.24. The summed E-state index contributed by atoms with van der Waals surface area (Å²) in [5, 5.41) is 47.3. The number of carbonyl (C=O) groups excluding carboxylic acids is 7. The summed E-state index contributed by atoms with van der Waals surface area (Å²) in [7, 11) is 0.